The number of methoxy groups -OCH3 is 1. The standard InChI is InChI=1S/C8H20N2O3S/c1-4-8(5-2)10(6-7-13-3)14(9,11)12/h8H,4-7H2,1-3H3,(H2,9,11,12). The quantitative estimate of drug-likeness (QED) is 0.677. The third-order valence-electron chi connectivity index (χ3n) is 2.19. The van der Waals surface area contributed by atoms with E-state index in [0.717, 1.165) is 12.8 Å². The van der Waals surface area contributed by atoms with Gasteiger partial charge in [-0.25, -0.2) is 5.14 Å². The van der Waals surface area contributed by atoms with Crippen LogP contribution in [0.5, 0.6) is 0 Å². The van der Waals surface area contributed by atoms with Crippen molar-refractivity contribution in [3.8, 4) is 0 Å². The minimum absolute atomic E-state index is 0.0276. The normalized spacial score (nSPS) is 12.7. The molecule has 0 saturated heterocycles. The zero-order valence-corrected chi connectivity index (χ0v) is 9.88. The van der Waals surface area contributed by atoms with Crippen molar-refractivity contribution in [2.45, 2.75) is 32.7 Å². The molecule has 0 aromatic rings. The highest BCUT2D eigenvalue weighted by Gasteiger charge is 2.23. The molecule has 0 fully saturated rings. The molecule has 0 aromatic heterocycles. The van der Waals surface area contributed by atoms with Crippen molar-refractivity contribution in [2.75, 3.05) is 20.3 Å². The molecule has 86 valence electrons. The molecule has 0 rings (SSSR count). The van der Waals surface area contributed by atoms with Gasteiger partial charge in [0.25, 0.3) is 10.2 Å². The van der Waals surface area contributed by atoms with Crippen molar-refractivity contribution in [1.82, 2.24) is 4.31 Å². The molecule has 0 unspecified atom stereocenters. The van der Waals surface area contributed by atoms with Crippen LogP contribution in [0.15, 0.2) is 0 Å². The second kappa shape index (κ2) is 6.34. The van der Waals surface area contributed by atoms with Crippen molar-refractivity contribution in [2.24, 2.45) is 5.14 Å². The Labute approximate surface area is 86.4 Å². The van der Waals surface area contributed by atoms with Gasteiger partial charge in [0.1, 0.15) is 0 Å². The van der Waals surface area contributed by atoms with Gasteiger partial charge >= 0.3 is 0 Å². The lowest BCUT2D eigenvalue weighted by molar-refractivity contribution is 0.163. The van der Waals surface area contributed by atoms with Crippen LogP contribution in [-0.4, -0.2) is 39.0 Å². The number of hydrogen-bond donors (Lipinski definition) is 1. The third-order valence-corrected chi connectivity index (χ3v) is 3.33. The summed E-state index contributed by atoms with van der Waals surface area (Å²) in [6.45, 7) is 4.58. The summed E-state index contributed by atoms with van der Waals surface area (Å²) in [5.41, 5.74) is 0. The Balaban J connectivity index is 4.54. The lowest BCUT2D eigenvalue weighted by atomic mass is 10.2. The zero-order chi connectivity index (χ0) is 11.2. The molecular weight excluding hydrogens is 204 g/mol. The fourth-order valence-corrected chi connectivity index (χ4v) is 2.44. The fourth-order valence-electron chi connectivity index (χ4n) is 1.39. The van der Waals surface area contributed by atoms with Crippen molar-refractivity contribution < 1.29 is 13.2 Å². The summed E-state index contributed by atoms with van der Waals surface area (Å²) in [6, 6.07) is -0.0276. The molecule has 2 N–H and O–H groups in total. The van der Waals surface area contributed by atoms with Gasteiger partial charge in [0.15, 0.2) is 0 Å². The van der Waals surface area contributed by atoms with Crippen LogP contribution in [0.4, 0.5) is 0 Å². The number of hydrogen-bond acceptors (Lipinski definition) is 3. The first-order valence-electron chi connectivity index (χ1n) is 4.75. The van der Waals surface area contributed by atoms with Gasteiger partial charge in [0.2, 0.25) is 0 Å². The summed E-state index contributed by atoms with van der Waals surface area (Å²) in [4.78, 5) is 0. The highest BCUT2D eigenvalue weighted by molar-refractivity contribution is 7.86. The van der Waals surface area contributed by atoms with Crippen molar-refractivity contribution >= 4 is 10.2 Å². The molecule has 0 atom stereocenters. The Bertz CT molecular complexity index is 237. The van der Waals surface area contributed by atoms with Gasteiger partial charge in [0, 0.05) is 19.7 Å². The summed E-state index contributed by atoms with van der Waals surface area (Å²) >= 11 is 0. The highest BCUT2D eigenvalue weighted by atomic mass is 32.2. The average Bonchev–Trinajstić information content (AvgIpc) is 2.10. The topological polar surface area (TPSA) is 72.6 Å². The van der Waals surface area contributed by atoms with Crippen LogP contribution in [0.25, 0.3) is 0 Å². The van der Waals surface area contributed by atoms with Gasteiger partial charge in [-0.3, -0.25) is 0 Å². The lowest BCUT2D eigenvalue weighted by Gasteiger charge is -2.27. The highest BCUT2D eigenvalue weighted by Crippen LogP contribution is 2.10. The first kappa shape index (κ1) is 13.8. The van der Waals surface area contributed by atoms with Gasteiger partial charge in [-0.05, 0) is 12.8 Å². The number of ether oxygens (including phenoxy) is 1. The second-order valence-electron chi connectivity index (χ2n) is 3.12. The van der Waals surface area contributed by atoms with E-state index in [1.54, 1.807) is 0 Å². The fraction of sp³-hybridized carbons (Fsp3) is 1.00. The molecule has 0 aliphatic rings. The molecular formula is C8H20N2O3S. The Morgan fingerprint density at radius 3 is 2.14 bits per heavy atom. The maximum atomic E-state index is 11.2. The maximum Gasteiger partial charge on any atom is 0.277 e. The lowest BCUT2D eigenvalue weighted by Crippen LogP contribution is -2.45. The van der Waals surface area contributed by atoms with Gasteiger partial charge in [-0.1, -0.05) is 13.8 Å². The molecule has 0 bridgehead atoms. The Morgan fingerprint density at radius 1 is 1.36 bits per heavy atom. The van der Waals surface area contributed by atoms with Crippen LogP contribution in [0, 0.1) is 0 Å². The summed E-state index contributed by atoms with van der Waals surface area (Å²) in [5, 5.41) is 5.12. The van der Waals surface area contributed by atoms with E-state index in [1.165, 1.54) is 11.4 Å². The molecule has 0 amide bonds. The van der Waals surface area contributed by atoms with E-state index in [-0.39, 0.29) is 6.04 Å². The number of nitrogens with zero attached hydrogens (tertiary/aromatic N) is 1. The summed E-state index contributed by atoms with van der Waals surface area (Å²) < 4.78 is 28.6. The van der Waals surface area contributed by atoms with Gasteiger partial charge in [-0.2, -0.15) is 12.7 Å². The molecule has 0 radical (unpaired) electrons. The largest absolute Gasteiger partial charge is 0.383 e. The summed E-state index contributed by atoms with van der Waals surface area (Å²) in [7, 11) is -2.07. The predicted molar refractivity (Wildman–Crippen MR) is 56.1 cm³/mol. The Hall–Kier alpha value is -0.170. The molecule has 0 aliphatic carbocycles. The number of rotatable bonds is 7. The van der Waals surface area contributed by atoms with E-state index in [0.29, 0.717) is 13.2 Å². The van der Waals surface area contributed by atoms with E-state index < -0.39 is 10.2 Å². The van der Waals surface area contributed by atoms with Crippen LogP contribution in [-0.2, 0) is 14.9 Å². The van der Waals surface area contributed by atoms with Crippen molar-refractivity contribution in [3.05, 3.63) is 0 Å². The van der Waals surface area contributed by atoms with E-state index in [9.17, 15) is 8.42 Å². The summed E-state index contributed by atoms with van der Waals surface area (Å²) in [5.74, 6) is 0. The van der Waals surface area contributed by atoms with Crippen LogP contribution in [0.2, 0.25) is 0 Å². The van der Waals surface area contributed by atoms with Gasteiger partial charge in [-0.15, -0.1) is 0 Å². The summed E-state index contributed by atoms with van der Waals surface area (Å²) in [6.07, 6.45) is 1.52. The molecule has 0 spiro atoms. The van der Waals surface area contributed by atoms with E-state index in [4.69, 9.17) is 9.88 Å². The molecule has 6 heteroatoms. The van der Waals surface area contributed by atoms with Gasteiger partial charge < -0.3 is 4.74 Å². The minimum Gasteiger partial charge on any atom is -0.383 e. The molecule has 0 aliphatic heterocycles. The molecule has 14 heavy (non-hydrogen) atoms. The van der Waals surface area contributed by atoms with E-state index in [2.05, 4.69) is 0 Å². The third kappa shape index (κ3) is 4.36. The molecule has 0 heterocycles. The first-order valence-corrected chi connectivity index (χ1v) is 6.26. The monoisotopic (exact) mass is 224 g/mol. The smallest absolute Gasteiger partial charge is 0.277 e. The van der Waals surface area contributed by atoms with Crippen molar-refractivity contribution in [1.29, 1.82) is 0 Å². The minimum atomic E-state index is -3.61. The Kier molecular flexibility index (Phi) is 6.26. The van der Waals surface area contributed by atoms with Crippen LogP contribution >= 0.6 is 0 Å². The molecule has 5 nitrogen and oxygen atoms in total. The van der Waals surface area contributed by atoms with E-state index in [1.807, 2.05) is 13.8 Å². The molecule has 0 saturated carbocycles. The number of nitrogens with two attached hydrogens (primary N) is 1. The van der Waals surface area contributed by atoms with Crippen LogP contribution < -0.4 is 5.14 Å². The van der Waals surface area contributed by atoms with Crippen LogP contribution in [0.1, 0.15) is 26.7 Å². The van der Waals surface area contributed by atoms with Gasteiger partial charge in [0.05, 0.1) is 6.61 Å². The van der Waals surface area contributed by atoms with E-state index >= 15 is 0 Å². The second-order valence-corrected chi connectivity index (χ2v) is 4.62. The zero-order valence-electron chi connectivity index (χ0n) is 9.06. The SMILES string of the molecule is CCC(CC)N(CCOC)S(N)(=O)=O. The Morgan fingerprint density at radius 2 is 1.86 bits per heavy atom. The predicted octanol–water partition coefficient (Wildman–Crippen LogP) is 0.327. The van der Waals surface area contributed by atoms with Crippen molar-refractivity contribution in [3.63, 3.8) is 0 Å². The maximum absolute atomic E-state index is 11.2. The average molecular weight is 224 g/mol. The molecule has 0 aromatic carbocycles. The first-order chi connectivity index (χ1) is 6.47. The van der Waals surface area contributed by atoms with Crippen LogP contribution in [0.3, 0.4) is 0 Å².